The molecule has 2 rings (SSSR count). The number of nitrogens with one attached hydrogen (secondary N) is 1. The third-order valence-electron chi connectivity index (χ3n) is 2.69. The molecule has 1 heterocycles. The molecule has 0 spiro atoms. The normalized spacial score (nSPS) is 10.7. The van der Waals surface area contributed by atoms with Gasteiger partial charge in [-0.25, -0.2) is 0 Å². The van der Waals surface area contributed by atoms with E-state index in [9.17, 15) is 0 Å². The van der Waals surface area contributed by atoms with Crippen molar-refractivity contribution in [1.29, 1.82) is 0 Å². The van der Waals surface area contributed by atoms with Gasteiger partial charge in [-0.1, -0.05) is 28.4 Å². The van der Waals surface area contributed by atoms with Crippen LogP contribution in [0.25, 0.3) is 0 Å². The van der Waals surface area contributed by atoms with Crippen molar-refractivity contribution in [3.05, 3.63) is 39.2 Å². The molecule has 0 saturated heterocycles. The Morgan fingerprint density at radius 1 is 1.28 bits per heavy atom. The predicted octanol–water partition coefficient (Wildman–Crippen LogP) is 3.79. The Bertz CT molecular complexity index is 538. The lowest BCUT2D eigenvalue weighted by molar-refractivity contribution is 0.392. The fourth-order valence-corrected chi connectivity index (χ4v) is 2.33. The lowest BCUT2D eigenvalue weighted by Gasteiger charge is -2.11. The summed E-state index contributed by atoms with van der Waals surface area (Å²) in [6.45, 7) is 4.30. The van der Waals surface area contributed by atoms with Crippen LogP contribution in [0.15, 0.2) is 16.7 Å². The summed E-state index contributed by atoms with van der Waals surface area (Å²) in [4.78, 5) is 0. The van der Waals surface area contributed by atoms with Gasteiger partial charge in [-0.2, -0.15) is 0 Å². The highest BCUT2D eigenvalue weighted by Crippen LogP contribution is 2.33. The van der Waals surface area contributed by atoms with Gasteiger partial charge in [-0.05, 0) is 26.0 Å². The van der Waals surface area contributed by atoms with Crippen molar-refractivity contribution in [3.8, 4) is 0 Å². The Labute approximate surface area is 115 Å². The second-order valence-corrected chi connectivity index (χ2v) is 4.83. The zero-order chi connectivity index (χ0) is 13.3. The van der Waals surface area contributed by atoms with Gasteiger partial charge < -0.3 is 15.6 Å². The molecule has 1 aromatic heterocycles. The number of aryl methyl sites for hydroxylation is 2. The molecule has 0 fully saturated rings. The number of nitrogen functional groups attached to an aromatic ring is 1. The summed E-state index contributed by atoms with van der Waals surface area (Å²) in [5.41, 5.74) is 8.69. The van der Waals surface area contributed by atoms with Crippen LogP contribution < -0.4 is 11.1 Å². The highest BCUT2D eigenvalue weighted by Gasteiger charge is 2.11. The van der Waals surface area contributed by atoms with Crippen LogP contribution in [-0.2, 0) is 6.54 Å². The third kappa shape index (κ3) is 2.54. The molecule has 18 heavy (non-hydrogen) atoms. The quantitative estimate of drug-likeness (QED) is 0.842. The van der Waals surface area contributed by atoms with Gasteiger partial charge in [0.1, 0.15) is 5.76 Å². The first-order valence-electron chi connectivity index (χ1n) is 5.39. The highest BCUT2D eigenvalue weighted by molar-refractivity contribution is 6.39. The minimum atomic E-state index is 0.492. The maximum Gasteiger partial charge on any atom is 0.138 e. The molecule has 6 heteroatoms. The molecule has 3 N–H and O–H groups in total. The van der Waals surface area contributed by atoms with Crippen molar-refractivity contribution >= 4 is 34.6 Å². The van der Waals surface area contributed by atoms with E-state index in [1.165, 1.54) is 0 Å². The summed E-state index contributed by atoms with van der Waals surface area (Å²) < 4.78 is 5.09. The fraction of sp³-hybridized carbons (Fsp3) is 0.250. The highest BCUT2D eigenvalue weighted by atomic mass is 35.5. The first kappa shape index (κ1) is 13.1. The van der Waals surface area contributed by atoms with E-state index >= 15 is 0 Å². The molecule has 1 aromatic carbocycles. The van der Waals surface area contributed by atoms with Gasteiger partial charge in [0, 0.05) is 17.8 Å². The summed E-state index contributed by atoms with van der Waals surface area (Å²) in [5.74, 6) is 0.780. The van der Waals surface area contributed by atoms with Gasteiger partial charge in [-0.15, -0.1) is 0 Å². The van der Waals surface area contributed by atoms with Crippen molar-refractivity contribution in [1.82, 2.24) is 5.16 Å². The Morgan fingerprint density at radius 3 is 2.39 bits per heavy atom. The third-order valence-corrected chi connectivity index (χ3v) is 3.28. The maximum absolute atomic E-state index is 6.09. The first-order valence-corrected chi connectivity index (χ1v) is 6.14. The van der Waals surface area contributed by atoms with Crippen molar-refractivity contribution in [2.75, 3.05) is 11.1 Å². The van der Waals surface area contributed by atoms with Crippen LogP contribution in [0.4, 0.5) is 11.4 Å². The molecule has 4 nitrogen and oxygen atoms in total. The van der Waals surface area contributed by atoms with E-state index in [0.717, 1.165) is 17.0 Å². The van der Waals surface area contributed by atoms with Crippen LogP contribution in [0.1, 0.15) is 17.0 Å². The summed E-state index contributed by atoms with van der Waals surface area (Å²) >= 11 is 12.2. The number of rotatable bonds is 3. The molecule has 0 radical (unpaired) electrons. The molecule has 0 aliphatic carbocycles. The number of nitrogens with zero attached hydrogens (tertiary/aromatic N) is 1. The molecule has 0 saturated carbocycles. The first-order chi connectivity index (χ1) is 8.49. The molecule has 0 amide bonds. The maximum atomic E-state index is 6.09. The van der Waals surface area contributed by atoms with Gasteiger partial charge in [-0.3, -0.25) is 0 Å². The lowest BCUT2D eigenvalue weighted by atomic mass is 10.2. The average molecular weight is 286 g/mol. The van der Waals surface area contributed by atoms with Crippen molar-refractivity contribution < 1.29 is 4.52 Å². The summed E-state index contributed by atoms with van der Waals surface area (Å²) in [7, 11) is 0. The fourth-order valence-electron chi connectivity index (χ4n) is 1.69. The van der Waals surface area contributed by atoms with E-state index in [2.05, 4.69) is 10.5 Å². The number of hydrogen-bond acceptors (Lipinski definition) is 4. The van der Waals surface area contributed by atoms with Crippen LogP contribution in [-0.4, -0.2) is 5.16 Å². The minimum absolute atomic E-state index is 0.492. The van der Waals surface area contributed by atoms with Crippen LogP contribution in [0.5, 0.6) is 0 Å². The second kappa shape index (κ2) is 5.08. The van der Waals surface area contributed by atoms with Crippen LogP contribution in [0.3, 0.4) is 0 Å². The standard InChI is InChI=1S/C12H13Cl2N3O/c1-6-9(7(2)18-17-6)5-16-12-10(13)3-8(15)4-11(12)14/h3-4,16H,5,15H2,1-2H3. The van der Waals surface area contributed by atoms with Gasteiger partial charge in [0.05, 0.1) is 21.4 Å². The molecule has 0 aliphatic heterocycles. The Balaban J connectivity index is 2.21. The molecule has 0 unspecified atom stereocenters. The molecule has 2 aromatic rings. The zero-order valence-electron chi connectivity index (χ0n) is 10.1. The number of nitrogens with two attached hydrogens (primary N) is 1. The predicted molar refractivity (Wildman–Crippen MR) is 74.2 cm³/mol. The van der Waals surface area contributed by atoms with Crippen molar-refractivity contribution in [2.45, 2.75) is 20.4 Å². The minimum Gasteiger partial charge on any atom is -0.399 e. The molecule has 0 atom stereocenters. The Kier molecular flexibility index (Phi) is 3.68. The van der Waals surface area contributed by atoms with Crippen LogP contribution in [0, 0.1) is 13.8 Å². The summed E-state index contributed by atoms with van der Waals surface area (Å²) in [6.07, 6.45) is 0. The van der Waals surface area contributed by atoms with Gasteiger partial charge >= 0.3 is 0 Å². The van der Waals surface area contributed by atoms with E-state index < -0.39 is 0 Å². The molecule has 0 bridgehead atoms. The van der Waals surface area contributed by atoms with E-state index in [1.807, 2.05) is 13.8 Å². The molecular formula is C12H13Cl2N3O. The zero-order valence-corrected chi connectivity index (χ0v) is 11.6. The van der Waals surface area contributed by atoms with Crippen LogP contribution in [0.2, 0.25) is 10.0 Å². The monoisotopic (exact) mass is 285 g/mol. The summed E-state index contributed by atoms with van der Waals surface area (Å²) in [5, 5.41) is 8.04. The topological polar surface area (TPSA) is 64.1 Å². The van der Waals surface area contributed by atoms with Gasteiger partial charge in [0.15, 0.2) is 0 Å². The second-order valence-electron chi connectivity index (χ2n) is 4.02. The van der Waals surface area contributed by atoms with E-state index in [1.54, 1.807) is 12.1 Å². The average Bonchev–Trinajstić information content (AvgIpc) is 2.58. The number of aromatic nitrogens is 1. The van der Waals surface area contributed by atoms with E-state index in [-0.39, 0.29) is 0 Å². The summed E-state index contributed by atoms with van der Waals surface area (Å²) in [6, 6.07) is 3.31. The Hall–Kier alpha value is -1.39. The van der Waals surface area contributed by atoms with Gasteiger partial charge in [0.25, 0.3) is 0 Å². The lowest BCUT2D eigenvalue weighted by Crippen LogP contribution is -2.03. The molecule has 96 valence electrons. The number of benzene rings is 1. The number of anilines is 2. The van der Waals surface area contributed by atoms with Crippen LogP contribution >= 0.6 is 23.2 Å². The SMILES string of the molecule is Cc1noc(C)c1CNc1c(Cl)cc(N)cc1Cl. The van der Waals surface area contributed by atoms with E-state index in [0.29, 0.717) is 28.0 Å². The van der Waals surface area contributed by atoms with Crippen molar-refractivity contribution in [2.24, 2.45) is 0 Å². The number of halogens is 2. The van der Waals surface area contributed by atoms with E-state index in [4.69, 9.17) is 33.5 Å². The molecular weight excluding hydrogens is 273 g/mol. The van der Waals surface area contributed by atoms with Crippen molar-refractivity contribution in [3.63, 3.8) is 0 Å². The smallest absolute Gasteiger partial charge is 0.138 e. The van der Waals surface area contributed by atoms with Gasteiger partial charge in [0.2, 0.25) is 0 Å². The Morgan fingerprint density at radius 2 is 1.89 bits per heavy atom. The molecule has 0 aliphatic rings. The number of hydrogen-bond donors (Lipinski definition) is 2. The largest absolute Gasteiger partial charge is 0.399 e.